The minimum atomic E-state index is -0.0280. The van der Waals surface area contributed by atoms with Crippen molar-refractivity contribution in [2.75, 3.05) is 33.7 Å². The number of hydrogen-bond acceptors (Lipinski definition) is 3. The summed E-state index contributed by atoms with van der Waals surface area (Å²) in [5.41, 5.74) is 0. The Bertz CT molecular complexity index is 520. The van der Waals surface area contributed by atoms with Crippen LogP contribution in [0.25, 0.3) is 0 Å². The molecule has 27 heavy (non-hydrogen) atoms. The molecule has 0 radical (unpaired) electrons. The lowest BCUT2D eigenvalue weighted by Crippen LogP contribution is -2.48. The van der Waals surface area contributed by atoms with Crippen LogP contribution in [0.3, 0.4) is 0 Å². The van der Waals surface area contributed by atoms with Gasteiger partial charge in [-0.3, -0.25) is 9.59 Å². The number of likely N-dealkylation sites (N-methyl/N-ethyl adjacent to an activating group) is 1. The third-order valence-electron chi connectivity index (χ3n) is 5.41. The molecule has 0 bridgehead atoms. The van der Waals surface area contributed by atoms with Gasteiger partial charge in [0.05, 0.1) is 0 Å². The Balaban J connectivity index is 0.00000364. The van der Waals surface area contributed by atoms with E-state index in [0.717, 1.165) is 38.8 Å². The van der Waals surface area contributed by atoms with Gasteiger partial charge in [-0.25, -0.2) is 4.99 Å². The molecule has 2 fully saturated rings. The highest BCUT2D eigenvalue weighted by Crippen LogP contribution is 2.27. The van der Waals surface area contributed by atoms with Crippen molar-refractivity contribution in [3.8, 4) is 0 Å². The summed E-state index contributed by atoms with van der Waals surface area (Å²) >= 11 is 0. The molecule has 2 aliphatic rings. The molecule has 1 heterocycles. The van der Waals surface area contributed by atoms with Crippen LogP contribution in [0, 0.1) is 5.92 Å². The van der Waals surface area contributed by atoms with Gasteiger partial charge >= 0.3 is 0 Å². The second-order valence-electron chi connectivity index (χ2n) is 7.80. The van der Waals surface area contributed by atoms with Gasteiger partial charge in [0, 0.05) is 45.2 Å². The first-order valence-electron chi connectivity index (χ1n) is 9.97. The number of halogens is 1. The van der Waals surface area contributed by atoms with Crippen LogP contribution >= 0.6 is 24.0 Å². The van der Waals surface area contributed by atoms with E-state index >= 15 is 0 Å². The Kier molecular flexibility index (Phi) is 10.4. The highest BCUT2D eigenvalue weighted by atomic mass is 127. The molecular weight excluding hydrogens is 457 g/mol. The summed E-state index contributed by atoms with van der Waals surface area (Å²) in [5, 5.41) is 6.78. The van der Waals surface area contributed by atoms with E-state index in [4.69, 9.17) is 0 Å². The minimum Gasteiger partial charge on any atom is -0.354 e. The number of carbonyl (C=O) groups is 2. The topological polar surface area (TPSA) is 77.0 Å². The summed E-state index contributed by atoms with van der Waals surface area (Å²) in [6, 6.07) is 0.457. The Morgan fingerprint density at radius 1 is 1.22 bits per heavy atom. The molecule has 2 amide bonds. The third kappa shape index (κ3) is 7.46. The quantitative estimate of drug-likeness (QED) is 0.336. The number of hydrogen-bond donors (Lipinski definition) is 2. The number of guanidine groups is 1. The highest BCUT2D eigenvalue weighted by molar-refractivity contribution is 14.0. The van der Waals surface area contributed by atoms with E-state index < -0.39 is 0 Å². The van der Waals surface area contributed by atoms with Crippen LogP contribution in [0.15, 0.2) is 4.99 Å². The van der Waals surface area contributed by atoms with Crippen molar-refractivity contribution in [2.24, 2.45) is 10.9 Å². The Morgan fingerprint density at radius 3 is 2.48 bits per heavy atom. The molecule has 1 saturated carbocycles. The van der Waals surface area contributed by atoms with Crippen molar-refractivity contribution in [3.63, 3.8) is 0 Å². The molecule has 1 aliphatic carbocycles. The minimum absolute atomic E-state index is 0. The summed E-state index contributed by atoms with van der Waals surface area (Å²) in [7, 11) is 3.47. The second kappa shape index (κ2) is 11.7. The molecule has 0 aromatic carbocycles. The number of likely N-dealkylation sites (tertiary alicyclic amines) is 1. The van der Waals surface area contributed by atoms with E-state index in [-0.39, 0.29) is 54.4 Å². The average Bonchev–Trinajstić information content (AvgIpc) is 3.30. The van der Waals surface area contributed by atoms with Gasteiger partial charge in [-0.2, -0.15) is 0 Å². The number of carbonyl (C=O) groups excluding carboxylic acids is 2. The third-order valence-corrected chi connectivity index (χ3v) is 5.41. The van der Waals surface area contributed by atoms with Gasteiger partial charge in [-0.1, -0.05) is 19.8 Å². The van der Waals surface area contributed by atoms with E-state index in [1.54, 1.807) is 19.0 Å². The van der Waals surface area contributed by atoms with Crippen molar-refractivity contribution >= 4 is 41.8 Å². The van der Waals surface area contributed by atoms with E-state index in [1.807, 2.05) is 4.90 Å². The predicted molar refractivity (Wildman–Crippen MR) is 119 cm³/mol. The van der Waals surface area contributed by atoms with E-state index in [9.17, 15) is 9.59 Å². The van der Waals surface area contributed by atoms with Crippen LogP contribution < -0.4 is 10.6 Å². The lowest BCUT2D eigenvalue weighted by Gasteiger charge is -2.23. The van der Waals surface area contributed by atoms with E-state index in [0.29, 0.717) is 11.9 Å². The van der Waals surface area contributed by atoms with Crippen molar-refractivity contribution in [3.05, 3.63) is 0 Å². The van der Waals surface area contributed by atoms with Gasteiger partial charge in [0.2, 0.25) is 11.8 Å². The standard InChI is InChI=1S/C19H35N5O2.HI/c1-5-14(2)21-19(20-12-17(25)23(3)4)22-16-10-11-24(13-16)18(26)15-8-6-7-9-15;/h14-16H,5-13H2,1-4H3,(H2,20,21,22);1H. The maximum absolute atomic E-state index is 12.6. The first-order chi connectivity index (χ1) is 12.4. The monoisotopic (exact) mass is 493 g/mol. The van der Waals surface area contributed by atoms with E-state index in [1.165, 1.54) is 12.8 Å². The molecule has 0 aromatic rings. The van der Waals surface area contributed by atoms with Crippen LogP contribution in [0.4, 0.5) is 0 Å². The summed E-state index contributed by atoms with van der Waals surface area (Å²) in [6.45, 7) is 5.85. The lowest BCUT2D eigenvalue weighted by molar-refractivity contribution is -0.134. The van der Waals surface area contributed by atoms with Gasteiger partial charge in [-0.15, -0.1) is 24.0 Å². The lowest BCUT2D eigenvalue weighted by atomic mass is 10.1. The molecule has 1 aliphatic heterocycles. The fourth-order valence-electron chi connectivity index (χ4n) is 3.46. The molecule has 2 atom stereocenters. The number of aliphatic imine (C=N–C) groups is 1. The zero-order valence-corrected chi connectivity index (χ0v) is 19.5. The molecule has 1 saturated heterocycles. The predicted octanol–water partition coefficient (Wildman–Crippen LogP) is 1.82. The van der Waals surface area contributed by atoms with Crippen LogP contribution in [-0.2, 0) is 9.59 Å². The van der Waals surface area contributed by atoms with Gasteiger partial charge in [0.25, 0.3) is 0 Å². The molecular formula is C19H36IN5O2. The van der Waals surface area contributed by atoms with Gasteiger partial charge in [0.15, 0.2) is 5.96 Å². The van der Waals surface area contributed by atoms with Crippen molar-refractivity contribution in [1.82, 2.24) is 20.4 Å². The fourth-order valence-corrected chi connectivity index (χ4v) is 3.46. The first-order valence-corrected chi connectivity index (χ1v) is 9.97. The normalized spacial score (nSPS) is 21.6. The van der Waals surface area contributed by atoms with Gasteiger partial charge < -0.3 is 20.4 Å². The summed E-state index contributed by atoms with van der Waals surface area (Å²) in [6.07, 6.45) is 6.34. The number of nitrogens with one attached hydrogen (secondary N) is 2. The summed E-state index contributed by atoms with van der Waals surface area (Å²) in [5.74, 6) is 1.19. The number of amides is 2. The zero-order valence-electron chi connectivity index (χ0n) is 17.2. The SMILES string of the molecule is CCC(C)NC(=NCC(=O)N(C)C)NC1CCN(C(=O)C2CCCC2)C1.I. The highest BCUT2D eigenvalue weighted by Gasteiger charge is 2.32. The van der Waals surface area contributed by atoms with E-state index in [2.05, 4.69) is 29.5 Å². The molecule has 2 N–H and O–H groups in total. The maximum Gasteiger partial charge on any atom is 0.243 e. The smallest absolute Gasteiger partial charge is 0.243 e. The number of nitrogens with zero attached hydrogens (tertiary/aromatic N) is 3. The van der Waals surface area contributed by atoms with Crippen LogP contribution in [0.1, 0.15) is 52.4 Å². The largest absolute Gasteiger partial charge is 0.354 e. The molecule has 2 rings (SSSR count). The van der Waals surface area contributed by atoms with Crippen LogP contribution in [-0.4, -0.2) is 73.4 Å². The van der Waals surface area contributed by atoms with Crippen molar-refractivity contribution in [2.45, 2.75) is 64.5 Å². The first kappa shape index (κ1) is 24.0. The molecule has 2 unspecified atom stereocenters. The fraction of sp³-hybridized carbons (Fsp3) is 0.842. The zero-order chi connectivity index (χ0) is 19.1. The Hall–Kier alpha value is -1.06. The number of rotatable bonds is 6. The van der Waals surface area contributed by atoms with Crippen LogP contribution in [0.2, 0.25) is 0 Å². The molecule has 0 aromatic heterocycles. The molecule has 156 valence electrons. The second-order valence-corrected chi connectivity index (χ2v) is 7.80. The summed E-state index contributed by atoms with van der Waals surface area (Å²) < 4.78 is 0. The molecule has 8 heteroatoms. The summed E-state index contributed by atoms with van der Waals surface area (Å²) in [4.78, 5) is 32.4. The Morgan fingerprint density at radius 2 is 1.89 bits per heavy atom. The average molecular weight is 493 g/mol. The maximum atomic E-state index is 12.6. The van der Waals surface area contributed by atoms with Gasteiger partial charge in [-0.05, 0) is 32.6 Å². The Labute approximate surface area is 180 Å². The molecule has 7 nitrogen and oxygen atoms in total. The molecule has 0 spiro atoms. The van der Waals surface area contributed by atoms with Crippen LogP contribution in [0.5, 0.6) is 0 Å². The van der Waals surface area contributed by atoms with Crippen molar-refractivity contribution < 1.29 is 9.59 Å². The van der Waals surface area contributed by atoms with Gasteiger partial charge in [0.1, 0.15) is 6.54 Å². The van der Waals surface area contributed by atoms with Crippen molar-refractivity contribution in [1.29, 1.82) is 0 Å².